The summed E-state index contributed by atoms with van der Waals surface area (Å²) in [5.41, 5.74) is 1.52. The van der Waals surface area contributed by atoms with Crippen LogP contribution >= 0.6 is 11.6 Å². The molecule has 5 heteroatoms. The molecule has 2 saturated heterocycles. The second-order valence-corrected chi connectivity index (χ2v) is 6.31. The molecule has 0 aromatic carbocycles. The normalized spacial score (nSPS) is 28.7. The molecule has 0 radical (unpaired) electrons. The van der Waals surface area contributed by atoms with E-state index in [2.05, 4.69) is 20.2 Å². The van der Waals surface area contributed by atoms with Crippen molar-refractivity contribution < 1.29 is 0 Å². The van der Waals surface area contributed by atoms with Crippen molar-refractivity contribution in [1.82, 2.24) is 20.2 Å². The van der Waals surface area contributed by atoms with E-state index in [1.165, 1.54) is 51.9 Å². The third-order valence-electron chi connectivity index (χ3n) is 4.36. The zero-order chi connectivity index (χ0) is 13.1. The second-order valence-electron chi connectivity index (χ2n) is 5.92. The van der Waals surface area contributed by atoms with Crippen LogP contribution in [0, 0.1) is 5.41 Å². The lowest BCUT2D eigenvalue weighted by molar-refractivity contribution is 0.0593. The molecule has 1 aromatic rings. The first kappa shape index (κ1) is 13.3. The number of likely N-dealkylation sites (tertiary alicyclic amines) is 1. The van der Waals surface area contributed by atoms with E-state index in [0.29, 0.717) is 10.6 Å². The highest BCUT2D eigenvalue weighted by Crippen LogP contribution is 2.36. The summed E-state index contributed by atoms with van der Waals surface area (Å²) in [6.45, 7) is 5.61. The maximum atomic E-state index is 5.78. The van der Waals surface area contributed by atoms with E-state index < -0.39 is 0 Å². The fraction of sp³-hybridized carbons (Fsp3) is 0.714. The molecule has 2 aliphatic heterocycles. The summed E-state index contributed by atoms with van der Waals surface area (Å²) in [5.74, 6) is 0. The Hall–Kier alpha value is -0.710. The first-order valence-corrected chi connectivity index (χ1v) is 7.53. The second kappa shape index (κ2) is 5.73. The SMILES string of the molecule is Clc1cnc(CN2CCCC3(CCCNC3)C2)cn1. The molecule has 4 nitrogen and oxygen atoms in total. The standard InChI is InChI=1S/C14H21ClN4/c15-13-8-17-12(7-18-13)9-19-6-2-4-14(11-19)3-1-5-16-10-14/h7-8,16H,1-6,9-11H2. The van der Waals surface area contributed by atoms with Gasteiger partial charge in [0.2, 0.25) is 0 Å². The van der Waals surface area contributed by atoms with E-state index in [1.807, 2.05) is 0 Å². The van der Waals surface area contributed by atoms with Crippen molar-refractivity contribution in [2.75, 3.05) is 26.2 Å². The van der Waals surface area contributed by atoms with Gasteiger partial charge in [-0.05, 0) is 44.2 Å². The maximum absolute atomic E-state index is 5.78. The van der Waals surface area contributed by atoms with Gasteiger partial charge in [-0.15, -0.1) is 0 Å². The van der Waals surface area contributed by atoms with Gasteiger partial charge in [-0.2, -0.15) is 0 Å². The number of piperidine rings is 2. The number of halogens is 1. The summed E-state index contributed by atoms with van der Waals surface area (Å²) in [5, 5.41) is 4.03. The molecule has 2 fully saturated rings. The van der Waals surface area contributed by atoms with Gasteiger partial charge in [0.05, 0.1) is 18.1 Å². The summed E-state index contributed by atoms with van der Waals surface area (Å²) >= 11 is 5.78. The molecule has 1 unspecified atom stereocenters. The lowest BCUT2D eigenvalue weighted by Crippen LogP contribution is -2.50. The maximum Gasteiger partial charge on any atom is 0.147 e. The number of nitrogens with zero attached hydrogens (tertiary/aromatic N) is 3. The Morgan fingerprint density at radius 3 is 2.89 bits per heavy atom. The molecule has 1 atom stereocenters. The fourth-order valence-electron chi connectivity index (χ4n) is 3.47. The summed E-state index contributed by atoms with van der Waals surface area (Å²) in [7, 11) is 0. The van der Waals surface area contributed by atoms with E-state index in [4.69, 9.17) is 11.6 Å². The van der Waals surface area contributed by atoms with Crippen LogP contribution in [-0.4, -0.2) is 41.0 Å². The predicted octanol–water partition coefficient (Wildman–Crippen LogP) is 2.10. The van der Waals surface area contributed by atoms with Crippen molar-refractivity contribution in [1.29, 1.82) is 0 Å². The molecule has 0 aliphatic carbocycles. The van der Waals surface area contributed by atoms with E-state index in [-0.39, 0.29) is 0 Å². The smallest absolute Gasteiger partial charge is 0.147 e. The average Bonchev–Trinajstić information content (AvgIpc) is 2.42. The average molecular weight is 281 g/mol. The molecule has 1 spiro atoms. The highest BCUT2D eigenvalue weighted by molar-refractivity contribution is 6.29. The minimum atomic E-state index is 0.468. The Kier molecular flexibility index (Phi) is 4.01. The van der Waals surface area contributed by atoms with Gasteiger partial charge in [-0.1, -0.05) is 11.6 Å². The van der Waals surface area contributed by atoms with E-state index in [0.717, 1.165) is 12.2 Å². The molecule has 3 rings (SSSR count). The monoisotopic (exact) mass is 280 g/mol. The summed E-state index contributed by atoms with van der Waals surface area (Å²) in [4.78, 5) is 11.0. The van der Waals surface area contributed by atoms with Crippen molar-refractivity contribution in [3.05, 3.63) is 23.2 Å². The highest BCUT2D eigenvalue weighted by Gasteiger charge is 2.36. The van der Waals surface area contributed by atoms with Gasteiger partial charge in [0.15, 0.2) is 0 Å². The van der Waals surface area contributed by atoms with Crippen molar-refractivity contribution in [3.8, 4) is 0 Å². The molecular weight excluding hydrogens is 260 g/mol. The molecule has 3 heterocycles. The van der Waals surface area contributed by atoms with Crippen molar-refractivity contribution in [3.63, 3.8) is 0 Å². The Balaban J connectivity index is 1.63. The highest BCUT2D eigenvalue weighted by atomic mass is 35.5. The third-order valence-corrected chi connectivity index (χ3v) is 4.56. The van der Waals surface area contributed by atoms with Gasteiger partial charge in [-0.25, -0.2) is 4.98 Å². The Labute approximate surface area is 119 Å². The molecule has 0 bridgehead atoms. The number of hydrogen-bond acceptors (Lipinski definition) is 4. The first-order valence-electron chi connectivity index (χ1n) is 7.15. The van der Waals surface area contributed by atoms with Gasteiger partial charge < -0.3 is 5.32 Å². The minimum absolute atomic E-state index is 0.468. The van der Waals surface area contributed by atoms with Gasteiger partial charge in [-0.3, -0.25) is 9.88 Å². The number of aromatic nitrogens is 2. The molecule has 1 aromatic heterocycles. The van der Waals surface area contributed by atoms with Crippen LogP contribution in [0.1, 0.15) is 31.4 Å². The van der Waals surface area contributed by atoms with Crippen molar-refractivity contribution >= 4 is 11.6 Å². The van der Waals surface area contributed by atoms with Gasteiger partial charge >= 0.3 is 0 Å². The Morgan fingerprint density at radius 2 is 2.16 bits per heavy atom. The minimum Gasteiger partial charge on any atom is -0.316 e. The molecule has 0 saturated carbocycles. The van der Waals surface area contributed by atoms with Crippen molar-refractivity contribution in [2.24, 2.45) is 5.41 Å². The Bertz CT molecular complexity index is 408. The van der Waals surface area contributed by atoms with Crippen LogP contribution in [0.4, 0.5) is 0 Å². The van der Waals surface area contributed by atoms with E-state index in [9.17, 15) is 0 Å². The molecule has 19 heavy (non-hydrogen) atoms. The van der Waals surface area contributed by atoms with Crippen LogP contribution < -0.4 is 5.32 Å². The van der Waals surface area contributed by atoms with Crippen LogP contribution in [0.15, 0.2) is 12.4 Å². The number of rotatable bonds is 2. The molecule has 0 amide bonds. The lowest BCUT2D eigenvalue weighted by Gasteiger charge is -2.45. The van der Waals surface area contributed by atoms with Gasteiger partial charge in [0.25, 0.3) is 0 Å². The van der Waals surface area contributed by atoms with Crippen molar-refractivity contribution in [2.45, 2.75) is 32.2 Å². The van der Waals surface area contributed by atoms with Gasteiger partial charge in [0.1, 0.15) is 5.15 Å². The van der Waals surface area contributed by atoms with Crippen LogP contribution in [0.5, 0.6) is 0 Å². The van der Waals surface area contributed by atoms with Gasteiger partial charge in [0, 0.05) is 19.6 Å². The summed E-state index contributed by atoms with van der Waals surface area (Å²) in [6.07, 6.45) is 8.77. The zero-order valence-electron chi connectivity index (χ0n) is 11.2. The van der Waals surface area contributed by atoms with E-state index >= 15 is 0 Å². The summed E-state index contributed by atoms with van der Waals surface area (Å²) < 4.78 is 0. The van der Waals surface area contributed by atoms with E-state index in [1.54, 1.807) is 12.4 Å². The topological polar surface area (TPSA) is 41.1 Å². The molecule has 2 aliphatic rings. The molecule has 1 N–H and O–H groups in total. The first-order chi connectivity index (χ1) is 9.26. The summed E-state index contributed by atoms with van der Waals surface area (Å²) in [6, 6.07) is 0. The quantitative estimate of drug-likeness (QED) is 0.901. The largest absolute Gasteiger partial charge is 0.316 e. The fourth-order valence-corrected chi connectivity index (χ4v) is 3.57. The Morgan fingerprint density at radius 1 is 1.26 bits per heavy atom. The lowest BCUT2D eigenvalue weighted by atomic mass is 9.74. The molecular formula is C14H21ClN4. The number of hydrogen-bond donors (Lipinski definition) is 1. The molecule has 104 valence electrons. The van der Waals surface area contributed by atoms with Crippen LogP contribution in [0.25, 0.3) is 0 Å². The third kappa shape index (κ3) is 3.25. The number of nitrogens with one attached hydrogen (secondary N) is 1. The predicted molar refractivity (Wildman–Crippen MR) is 76.1 cm³/mol. The van der Waals surface area contributed by atoms with Crippen LogP contribution in [-0.2, 0) is 6.54 Å². The van der Waals surface area contributed by atoms with Crippen LogP contribution in [0.3, 0.4) is 0 Å². The van der Waals surface area contributed by atoms with Crippen LogP contribution in [0.2, 0.25) is 5.15 Å². The zero-order valence-corrected chi connectivity index (χ0v) is 12.0.